The Morgan fingerprint density at radius 1 is 1.09 bits per heavy atom. The number of carbonyl (C=O) groups is 3. The highest BCUT2D eigenvalue weighted by Crippen LogP contribution is 2.28. The first-order chi connectivity index (χ1) is 16.1. The first-order valence-corrected chi connectivity index (χ1v) is 13.2. The average molecular weight is 494 g/mol. The average Bonchev–Trinajstić information content (AvgIpc) is 3.17. The van der Waals surface area contributed by atoms with E-state index in [4.69, 9.17) is 9.47 Å². The van der Waals surface area contributed by atoms with E-state index in [1.807, 2.05) is 27.7 Å². The van der Waals surface area contributed by atoms with Gasteiger partial charge in [0.1, 0.15) is 10.5 Å². The van der Waals surface area contributed by atoms with Crippen molar-refractivity contribution in [2.24, 2.45) is 11.8 Å². The summed E-state index contributed by atoms with van der Waals surface area (Å²) < 4.78 is 10.3. The van der Waals surface area contributed by atoms with Crippen LogP contribution in [0, 0.1) is 18.8 Å². The van der Waals surface area contributed by atoms with E-state index in [0.29, 0.717) is 10.8 Å². The zero-order valence-corrected chi connectivity index (χ0v) is 22.0. The van der Waals surface area contributed by atoms with Gasteiger partial charge in [0.05, 0.1) is 23.7 Å². The molecule has 2 amide bonds. The molecule has 0 radical (unpaired) electrons. The molecule has 1 saturated heterocycles. The molecule has 0 bridgehead atoms. The molecule has 1 aliphatic heterocycles. The van der Waals surface area contributed by atoms with Crippen LogP contribution in [0.5, 0.6) is 0 Å². The summed E-state index contributed by atoms with van der Waals surface area (Å²) in [6.07, 6.45) is 6.63. The molecule has 8 nitrogen and oxygen atoms in total. The largest absolute Gasteiger partial charge is 0.469 e. The zero-order valence-electron chi connectivity index (χ0n) is 21.1. The number of nitrogens with zero attached hydrogens (tertiary/aromatic N) is 2. The molecular weight excluding hydrogens is 454 g/mol. The predicted octanol–water partition coefficient (Wildman–Crippen LogP) is 4.49. The number of methoxy groups -OCH3 is 1. The summed E-state index contributed by atoms with van der Waals surface area (Å²) in [6, 6.07) is 0.0912. The van der Waals surface area contributed by atoms with Gasteiger partial charge in [-0.15, -0.1) is 11.3 Å². The molecular formula is C25H39N3O5S. The first kappa shape index (κ1) is 26.4. The van der Waals surface area contributed by atoms with Crippen molar-refractivity contribution in [1.82, 2.24) is 15.2 Å². The van der Waals surface area contributed by atoms with Crippen LogP contribution >= 0.6 is 11.3 Å². The second-order valence-electron chi connectivity index (χ2n) is 10.5. The number of thiazole rings is 1. The van der Waals surface area contributed by atoms with Crippen LogP contribution in [0.2, 0.25) is 0 Å². The van der Waals surface area contributed by atoms with Crippen LogP contribution in [0.3, 0.4) is 0 Å². The van der Waals surface area contributed by atoms with E-state index in [2.05, 4.69) is 10.3 Å². The molecule has 2 aliphatic rings. The third-order valence-electron chi connectivity index (χ3n) is 6.68. The summed E-state index contributed by atoms with van der Waals surface area (Å²) in [6.45, 7) is 9.00. The van der Waals surface area contributed by atoms with Crippen LogP contribution in [0.15, 0.2) is 0 Å². The SMILES string of the molecule is COC(=O)C1CCC(NC(=O)c2sc(CCC3CCN(C(=O)OC(C)(C)C)CC3)nc2C)CC1. The number of hydrogen-bond donors (Lipinski definition) is 1. The van der Waals surface area contributed by atoms with Gasteiger partial charge >= 0.3 is 12.1 Å². The maximum Gasteiger partial charge on any atom is 0.410 e. The number of nitrogens with one attached hydrogen (secondary N) is 1. The van der Waals surface area contributed by atoms with Crippen LogP contribution in [0.1, 0.15) is 86.1 Å². The standard InChI is InChI=1S/C25H39N3O5S/c1-16-21(22(29)27-19-9-7-18(8-10-19)23(30)32-5)34-20(26-16)11-6-17-12-14-28(15-13-17)24(31)33-25(2,3)4/h17-19H,6-15H2,1-5H3,(H,27,29). The smallest absolute Gasteiger partial charge is 0.410 e. The van der Waals surface area contributed by atoms with Gasteiger partial charge in [0.2, 0.25) is 0 Å². The second-order valence-corrected chi connectivity index (χ2v) is 11.6. The minimum Gasteiger partial charge on any atom is -0.469 e. The third kappa shape index (κ3) is 7.42. The normalized spacial score (nSPS) is 21.7. The fourth-order valence-electron chi connectivity index (χ4n) is 4.72. The van der Waals surface area contributed by atoms with E-state index in [1.54, 1.807) is 4.90 Å². The monoisotopic (exact) mass is 493 g/mol. The summed E-state index contributed by atoms with van der Waals surface area (Å²) in [7, 11) is 1.42. The molecule has 34 heavy (non-hydrogen) atoms. The molecule has 1 aromatic heterocycles. The fourth-order valence-corrected chi connectivity index (χ4v) is 5.70. The number of hydrogen-bond acceptors (Lipinski definition) is 7. The highest BCUT2D eigenvalue weighted by Gasteiger charge is 2.29. The molecule has 2 fully saturated rings. The lowest BCUT2D eigenvalue weighted by atomic mass is 9.86. The molecule has 0 atom stereocenters. The van der Waals surface area contributed by atoms with Gasteiger partial charge in [0.15, 0.2) is 0 Å². The van der Waals surface area contributed by atoms with Gasteiger partial charge in [-0.25, -0.2) is 9.78 Å². The van der Waals surface area contributed by atoms with Gasteiger partial charge in [-0.3, -0.25) is 9.59 Å². The summed E-state index contributed by atoms with van der Waals surface area (Å²) in [5.74, 6) is 0.285. The van der Waals surface area contributed by atoms with Gasteiger partial charge < -0.3 is 19.7 Å². The molecule has 1 aliphatic carbocycles. The Balaban J connectivity index is 1.43. The fraction of sp³-hybridized carbons (Fsp3) is 0.760. The number of aromatic nitrogens is 1. The van der Waals surface area contributed by atoms with Gasteiger partial charge in [0.25, 0.3) is 5.91 Å². The van der Waals surface area contributed by atoms with E-state index in [9.17, 15) is 14.4 Å². The number of likely N-dealkylation sites (tertiary alicyclic amines) is 1. The van der Waals surface area contributed by atoms with Gasteiger partial charge in [-0.2, -0.15) is 0 Å². The van der Waals surface area contributed by atoms with Crippen molar-refractivity contribution in [2.75, 3.05) is 20.2 Å². The van der Waals surface area contributed by atoms with Crippen molar-refractivity contribution < 1.29 is 23.9 Å². The van der Waals surface area contributed by atoms with Crippen molar-refractivity contribution >= 4 is 29.3 Å². The third-order valence-corrected chi connectivity index (χ3v) is 7.89. The highest BCUT2D eigenvalue weighted by atomic mass is 32.1. The summed E-state index contributed by atoms with van der Waals surface area (Å²) in [5, 5.41) is 4.13. The van der Waals surface area contributed by atoms with Gasteiger partial charge in [-0.1, -0.05) is 0 Å². The van der Waals surface area contributed by atoms with Crippen molar-refractivity contribution in [2.45, 2.75) is 90.7 Å². The maximum absolute atomic E-state index is 12.8. The molecule has 190 valence electrons. The molecule has 1 N–H and O–H groups in total. The van der Waals surface area contributed by atoms with Crippen molar-refractivity contribution in [3.05, 3.63) is 15.6 Å². The lowest BCUT2D eigenvalue weighted by molar-refractivity contribution is -0.146. The molecule has 3 rings (SSSR count). The number of carbonyl (C=O) groups excluding carboxylic acids is 3. The van der Waals surface area contributed by atoms with Crippen LogP contribution in [0.4, 0.5) is 4.79 Å². The van der Waals surface area contributed by atoms with Crippen LogP contribution < -0.4 is 5.32 Å². The Labute approximate surface area is 206 Å². The molecule has 2 heterocycles. The van der Waals surface area contributed by atoms with E-state index in [0.717, 1.165) is 75.2 Å². The van der Waals surface area contributed by atoms with E-state index < -0.39 is 5.60 Å². The minimum absolute atomic E-state index is 0.0501. The second kappa shape index (κ2) is 11.5. The molecule has 0 aromatic carbocycles. The predicted molar refractivity (Wildman–Crippen MR) is 131 cm³/mol. The van der Waals surface area contributed by atoms with Gasteiger partial charge in [-0.05, 0) is 85.0 Å². The Kier molecular flexibility index (Phi) is 8.95. The number of piperidine rings is 1. The highest BCUT2D eigenvalue weighted by molar-refractivity contribution is 7.13. The van der Waals surface area contributed by atoms with Crippen molar-refractivity contribution in [3.63, 3.8) is 0 Å². The maximum atomic E-state index is 12.8. The minimum atomic E-state index is -0.469. The zero-order chi connectivity index (χ0) is 24.9. The number of aryl methyl sites for hydroxylation is 2. The first-order valence-electron chi connectivity index (χ1n) is 12.4. The van der Waals surface area contributed by atoms with E-state index in [1.165, 1.54) is 18.4 Å². The van der Waals surface area contributed by atoms with Crippen molar-refractivity contribution in [3.8, 4) is 0 Å². The summed E-state index contributed by atoms with van der Waals surface area (Å²) in [5.41, 5.74) is 0.309. The van der Waals surface area contributed by atoms with Gasteiger partial charge in [0, 0.05) is 19.1 Å². The number of amides is 2. The number of rotatable bonds is 6. The van der Waals surface area contributed by atoms with Crippen LogP contribution in [0.25, 0.3) is 0 Å². The molecule has 0 unspecified atom stereocenters. The topological polar surface area (TPSA) is 97.8 Å². The Morgan fingerprint density at radius 3 is 2.32 bits per heavy atom. The number of ether oxygens (including phenoxy) is 2. The summed E-state index contributed by atoms with van der Waals surface area (Å²) >= 11 is 1.48. The van der Waals surface area contributed by atoms with Crippen LogP contribution in [-0.2, 0) is 20.7 Å². The quantitative estimate of drug-likeness (QED) is 0.586. The van der Waals surface area contributed by atoms with E-state index in [-0.39, 0.29) is 29.9 Å². The van der Waals surface area contributed by atoms with Crippen LogP contribution in [-0.4, -0.2) is 59.7 Å². The van der Waals surface area contributed by atoms with E-state index >= 15 is 0 Å². The van der Waals surface area contributed by atoms with Crippen molar-refractivity contribution in [1.29, 1.82) is 0 Å². The Morgan fingerprint density at radius 2 is 1.74 bits per heavy atom. The summed E-state index contributed by atoms with van der Waals surface area (Å²) in [4.78, 5) is 43.9. The number of esters is 1. The molecule has 9 heteroatoms. The Hall–Kier alpha value is -2.16. The molecule has 1 saturated carbocycles. The molecule has 0 spiro atoms. The lowest BCUT2D eigenvalue weighted by Gasteiger charge is -2.33. The Bertz CT molecular complexity index is 862. The lowest BCUT2D eigenvalue weighted by Crippen LogP contribution is -2.41. The molecule has 1 aromatic rings.